The molecule has 2 aliphatic heterocycles. The number of hydrogen-bond acceptors (Lipinski definition) is 9. The lowest BCUT2D eigenvalue weighted by Crippen LogP contribution is -2.51. The van der Waals surface area contributed by atoms with E-state index in [1.54, 1.807) is 18.3 Å². The van der Waals surface area contributed by atoms with Crippen LogP contribution < -0.4 is 21.7 Å². The van der Waals surface area contributed by atoms with E-state index >= 15 is 0 Å². The first-order valence-corrected chi connectivity index (χ1v) is 9.59. The molecule has 1 unspecified atom stereocenters. The third-order valence-electron chi connectivity index (χ3n) is 4.54. The van der Waals surface area contributed by atoms with E-state index in [0.717, 1.165) is 0 Å². The maximum atomic E-state index is 12.3. The summed E-state index contributed by atoms with van der Waals surface area (Å²) in [6.45, 7) is 0.321. The standard InChI is InChI=1S/C19H21N7O6/c20-19-25-15-14(17(30)26-19)23-11(8-22-15)7-21-10-3-1-9(2-4-10)16(29)24-12(18(31)32)5-6-13(27)28/h1-4,8,11-12,19,21H,5-7,20H2,(H,24,29)(H,26,30)(H,27,28)(H,31,32)/t11-,12+,19?/m1/s1. The van der Waals surface area contributed by atoms with Crippen LogP contribution in [0.25, 0.3) is 0 Å². The molecular weight excluding hydrogens is 422 g/mol. The molecule has 0 radical (unpaired) electrons. The second kappa shape index (κ2) is 9.78. The van der Waals surface area contributed by atoms with Gasteiger partial charge in [0.1, 0.15) is 12.1 Å². The zero-order valence-electron chi connectivity index (χ0n) is 16.7. The number of carbonyl (C=O) groups excluding carboxylic acids is 2. The van der Waals surface area contributed by atoms with Crippen LogP contribution >= 0.6 is 0 Å². The van der Waals surface area contributed by atoms with E-state index in [1.165, 1.54) is 12.1 Å². The lowest BCUT2D eigenvalue weighted by molar-refractivity contribution is -0.140. The van der Waals surface area contributed by atoms with Crippen molar-refractivity contribution in [2.75, 3.05) is 11.9 Å². The van der Waals surface area contributed by atoms with E-state index in [1.807, 2.05) is 0 Å². The lowest BCUT2D eigenvalue weighted by Gasteiger charge is -2.22. The van der Waals surface area contributed by atoms with Crippen LogP contribution in [0.4, 0.5) is 5.69 Å². The predicted octanol–water partition coefficient (Wildman–Crippen LogP) is -1.19. The van der Waals surface area contributed by atoms with Crippen molar-refractivity contribution in [3.05, 3.63) is 29.8 Å². The van der Waals surface area contributed by atoms with Gasteiger partial charge in [0.25, 0.3) is 11.8 Å². The number of nitrogens with zero attached hydrogens (tertiary/aromatic N) is 3. The highest BCUT2D eigenvalue weighted by Crippen LogP contribution is 2.12. The molecule has 0 saturated carbocycles. The molecule has 0 spiro atoms. The minimum Gasteiger partial charge on any atom is -0.481 e. The molecule has 13 heteroatoms. The normalized spacial score (nSPS) is 20.2. The maximum Gasteiger partial charge on any atom is 0.326 e. The molecule has 2 heterocycles. The Morgan fingerprint density at radius 2 is 1.88 bits per heavy atom. The molecule has 0 saturated heterocycles. The molecule has 3 rings (SSSR count). The van der Waals surface area contributed by atoms with E-state index in [0.29, 0.717) is 12.2 Å². The molecule has 0 fully saturated rings. The number of nitrogens with two attached hydrogens (primary N) is 1. The van der Waals surface area contributed by atoms with Crippen LogP contribution in [0.5, 0.6) is 0 Å². The maximum absolute atomic E-state index is 12.3. The smallest absolute Gasteiger partial charge is 0.326 e. The van der Waals surface area contributed by atoms with Crippen molar-refractivity contribution in [2.24, 2.45) is 20.7 Å². The molecule has 13 nitrogen and oxygen atoms in total. The Kier molecular flexibility index (Phi) is 6.90. The first kappa shape index (κ1) is 22.6. The van der Waals surface area contributed by atoms with Gasteiger partial charge in [0.15, 0.2) is 17.8 Å². The van der Waals surface area contributed by atoms with Crippen LogP contribution in [0.2, 0.25) is 0 Å². The monoisotopic (exact) mass is 443 g/mol. The van der Waals surface area contributed by atoms with E-state index in [2.05, 4.69) is 30.9 Å². The van der Waals surface area contributed by atoms with E-state index in [4.69, 9.17) is 15.9 Å². The Balaban J connectivity index is 1.56. The molecular formula is C19H21N7O6. The van der Waals surface area contributed by atoms with Crippen molar-refractivity contribution in [1.82, 2.24) is 10.6 Å². The molecule has 1 aromatic rings. The van der Waals surface area contributed by atoms with Crippen molar-refractivity contribution < 1.29 is 29.4 Å². The van der Waals surface area contributed by atoms with E-state index < -0.39 is 42.1 Å². The van der Waals surface area contributed by atoms with E-state index in [-0.39, 0.29) is 30.0 Å². The Labute approximate surface area is 181 Å². The first-order valence-electron chi connectivity index (χ1n) is 9.59. The van der Waals surface area contributed by atoms with Gasteiger partial charge in [0.2, 0.25) is 0 Å². The summed E-state index contributed by atoms with van der Waals surface area (Å²) in [5.74, 6) is -3.34. The van der Waals surface area contributed by atoms with Gasteiger partial charge < -0.3 is 26.2 Å². The Bertz CT molecular complexity index is 1020. The SMILES string of the molecule is NC1N=C2N=C[C@@H](CNc3ccc(C(=O)N[C@@H](CCC(=O)O)C(=O)O)cc3)N=C2C(=O)N1. The third-order valence-corrected chi connectivity index (χ3v) is 4.54. The summed E-state index contributed by atoms with van der Waals surface area (Å²) < 4.78 is 0. The number of aliphatic carboxylic acids is 2. The van der Waals surface area contributed by atoms with Crippen molar-refractivity contribution >= 4 is 47.2 Å². The number of aliphatic imine (C=N–C) groups is 3. The number of nitrogens with one attached hydrogen (secondary N) is 3. The van der Waals surface area contributed by atoms with E-state index in [9.17, 15) is 19.2 Å². The number of carboxylic acid groups (broad SMARTS) is 2. The zero-order chi connectivity index (χ0) is 23.3. The second-order valence-electron chi connectivity index (χ2n) is 6.95. The number of carbonyl (C=O) groups is 4. The first-order chi connectivity index (χ1) is 15.2. The fourth-order valence-electron chi connectivity index (χ4n) is 2.92. The Hall–Kier alpha value is -4.13. The number of rotatable bonds is 9. The van der Waals surface area contributed by atoms with Gasteiger partial charge in [0.05, 0.1) is 0 Å². The van der Waals surface area contributed by atoms with Gasteiger partial charge in [-0.1, -0.05) is 0 Å². The fourth-order valence-corrected chi connectivity index (χ4v) is 2.92. The molecule has 0 bridgehead atoms. The molecule has 0 aliphatic carbocycles. The van der Waals surface area contributed by atoms with Crippen molar-refractivity contribution in [3.8, 4) is 0 Å². The third kappa shape index (κ3) is 5.72. The molecule has 7 N–H and O–H groups in total. The van der Waals surface area contributed by atoms with Crippen LogP contribution in [0.1, 0.15) is 23.2 Å². The predicted molar refractivity (Wildman–Crippen MR) is 114 cm³/mol. The lowest BCUT2D eigenvalue weighted by atomic mass is 10.1. The van der Waals surface area contributed by atoms with Gasteiger partial charge in [-0.2, -0.15) is 0 Å². The number of amides is 2. The summed E-state index contributed by atoms with van der Waals surface area (Å²) in [4.78, 5) is 58.5. The van der Waals surface area contributed by atoms with Gasteiger partial charge in [-0.25, -0.2) is 14.8 Å². The zero-order valence-corrected chi connectivity index (χ0v) is 16.7. The minimum absolute atomic E-state index is 0.115. The number of fused-ring (bicyclic) bond motifs is 1. The van der Waals surface area contributed by atoms with Crippen LogP contribution in [-0.4, -0.2) is 76.6 Å². The Morgan fingerprint density at radius 3 is 2.53 bits per heavy atom. The Morgan fingerprint density at radius 1 is 1.16 bits per heavy atom. The molecule has 0 aromatic heterocycles. The van der Waals surface area contributed by atoms with Gasteiger partial charge in [-0.3, -0.25) is 25.1 Å². The van der Waals surface area contributed by atoms with Gasteiger partial charge >= 0.3 is 11.9 Å². The number of amidine groups is 1. The highest BCUT2D eigenvalue weighted by Gasteiger charge is 2.28. The number of anilines is 1. The number of hydrogen-bond donors (Lipinski definition) is 6. The van der Waals surface area contributed by atoms with Crippen LogP contribution in [0.3, 0.4) is 0 Å². The highest BCUT2D eigenvalue weighted by atomic mass is 16.4. The van der Waals surface area contributed by atoms with Crippen LogP contribution in [0.15, 0.2) is 39.2 Å². The molecule has 3 atom stereocenters. The van der Waals surface area contributed by atoms with Crippen LogP contribution in [-0.2, 0) is 14.4 Å². The largest absolute Gasteiger partial charge is 0.481 e. The summed E-state index contributed by atoms with van der Waals surface area (Å²) >= 11 is 0. The second-order valence-corrected chi connectivity index (χ2v) is 6.95. The molecule has 32 heavy (non-hydrogen) atoms. The quantitative estimate of drug-likeness (QED) is 0.273. The summed E-state index contributed by atoms with van der Waals surface area (Å²) in [6.07, 6.45) is 0.0991. The van der Waals surface area contributed by atoms with Crippen molar-refractivity contribution in [3.63, 3.8) is 0 Å². The van der Waals surface area contributed by atoms with Gasteiger partial charge in [-0.05, 0) is 30.7 Å². The summed E-state index contributed by atoms with van der Waals surface area (Å²) in [5, 5.41) is 25.7. The van der Waals surface area contributed by atoms with Gasteiger partial charge in [-0.15, -0.1) is 0 Å². The van der Waals surface area contributed by atoms with Crippen molar-refractivity contribution in [1.29, 1.82) is 0 Å². The average Bonchev–Trinajstić information content (AvgIpc) is 2.75. The molecule has 1 aromatic carbocycles. The molecule has 2 aliphatic rings. The van der Waals surface area contributed by atoms with Crippen molar-refractivity contribution in [2.45, 2.75) is 31.2 Å². The summed E-state index contributed by atoms with van der Waals surface area (Å²) in [5.41, 5.74) is 6.55. The number of benzene rings is 1. The average molecular weight is 443 g/mol. The fraction of sp³-hybridized carbons (Fsp3) is 0.316. The minimum atomic E-state index is -1.31. The highest BCUT2D eigenvalue weighted by molar-refractivity contribution is 6.68. The molecule has 168 valence electrons. The van der Waals surface area contributed by atoms with Gasteiger partial charge in [0, 0.05) is 30.4 Å². The number of carboxylic acids is 2. The summed E-state index contributed by atoms with van der Waals surface area (Å²) in [6, 6.07) is 4.51. The molecule has 2 amide bonds. The van der Waals surface area contributed by atoms with Crippen LogP contribution in [0, 0.1) is 0 Å². The topological polar surface area (TPSA) is 208 Å². The summed E-state index contributed by atoms with van der Waals surface area (Å²) in [7, 11) is 0.